The number of nitrogens with two attached hydrogens (primary N) is 1. The molecule has 1 saturated carbocycles. The molecule has 0 amide bonds. The molecular weight excluding hydrogens is 304 g/mol. The van der Waals surface area contributed by atoms with Crippen LogP contribution in [0.2, 0.25) is 0 Å². The van der Waals surface area contributed by atoms with Gasteiger partial charge < -0.3 is 5.73 Å². The van der Waals surface area contributed by atoms with Gasteiger partial charge in [0.25, 0.3) is 0 Å². The molecule has 1 atom stereocenters. The van der Waals surface area contributed by atoms with Gasteiger partial charge in [0.15, 0.2) is 0 Å². The van der Waals surface area contributed by atoms with Gasteiger partial charge in [-0.25, -0.2) is 13.1 Å². The van der Waals surface area contributed by atoms with E-state index in [0.717, 1.165) is 6.42 Å². The van der Waals surface area contributed by atoms with Crippen LogP contribution in [0.5, 0.6) is 0 Å². The molecule has 6 heteroatoms. The Hall–Kier alpha value is -0.590. The van der Waals surface area contributed by atoms with Crippen molar-refractivity contribution >= 4 is 31.6 Å². The summed E-state index contributed by atoms with van der Waals surface area (Å²) in [6, 6.07) is 4.82. The third kappa shape index (κ3) is 2.64. The molecule has 17 heavy (non-hydrogen) atoms. The molecular formula is C11H15BrN2O2S. The lowest BCUT2D eigenvalue weighted by Crippen LogP contribution is -2.29. The molecule has 0 aromatic heterocycles. The minimum absolute atomic E-state index is 0.00545. The van der Waals surface area contributed by atoms with Crippen molar-refractivity contribution in [1.29, 1.82) is 0 Å². The lowest BCUT2D eigenvalue weighted by atomic mass is 10.2. The van der Waals surface area contributed by atoms with Gasteiger partial charge in [-0.05, 0) is 30.0 Å². The molecule has 1 aliphatic rings. The number of sulfonamides is 1. The Kier molecular flexibility index (Phi) is 3.00. The van der Waals surface area contributed by atoms with E-state index in [1.165, 1.54) is 6.07 Å². The van der Waals surface area contributed by atoms with Gasteiger partial charge in [0.05, 0.1) is 5.69 Å². The average Bonchev–Trinajstić information content (AvgIpc) is 2.76. The summed E-state index contributed by atoms with van der Waals surface area (Å²) in [6.07, 6.45) is 0.861. The van der Waals surface area contributed by atoms with Gasteiger partial charge in [0.2, 0.25) is 10.0 Å². The molecule has 4 nitrogen and oxygen atoms in total. The van der Waals surface area contributed by atoms with Gasteiger partial charge in [0, 0.05) is 10.5 Å². The zero-order valence-electron chi connectivity index (χ0n) is 9.70. The molecule has 1 fully saturated rings. The molecule has 0 saturated heterocycles. The molecule has 0 heterocycles. The highest BCUT2D eigenvalue weighted by Gasteiger charge is 2.48. The smallest absolute Gasteiger partial charge is 0.242 e. The quantitative estimate of drug-likeness (QED) is 0.838. The Balaban J connectivity index is 2.29. The monoisotopic (exact) mass is 318 g/mol. The molecule has 0 radical (unpaired) electrons. The van der Waals surface area contributed by atoms with Crippen molar-refractivity contribution in [3.8, 4) is 0 Å². The first kappa shape index (κ1) is 12.9. The fraction of sp³-hybridized carbons (Fsp3) is 0.455. The van der Waals surface area contributed by atoms with Crippen LogP contribution >= 0.6 is 15.9 Å². The van der Waals surface area contributed by atoms with Crippen molar-refractivity contribution in [2.75, 3.05) is 5.73 Å². The van der Waals surface area contributed by atoms with E-state index in [-0.39, 0.29) is 22.0 Å². The summed E-state index contributed by atoms with van der Waals surface area (Å²) < 4.78 is 27.6. The number of nitrogens with one attached hydrogen (secondary N) is 1. The van der Waals surface area contributed by atoms with Crippen LogP contribution in [0.25, 0.3) is 0 Å². The van der Waals surface area contributed by atoms with Gasteiger partial charge in [-0.3, -0.25) is 0 Å². The summed E-state index contributed by atoms with van der Waals surface area (Å²) in [4.78, 5) is 0.134. The minimum atomic E-state index is -3.53. The van der Waals surface area contributed by atoms with Crippen LogP contribution in [0.4, 0.5) is 5.69 Å². The zero-order valence-corrected chi connectivity index (χ0v) is 12.1. The first-order valence-electron chi connectivity index (χ1n) is 5.30. The van der Waals surface area contributed by atoms with E-state index in [2.05, 4.69) is 20.7 Å². The zero-order chi connectivity index (χ0) is 12.8. The van der Waals surface area contributed by atoms with E-state index in [0.29, 0.717) is 4.47 Å². The summed E-state index contributed by atoms with van der Waals surface area (Å²) in [7, 11) is -3.53. The van der Waals surface area contributed by atoms with E-state index < -0.39 is 10.0 Å². The SMILES string of the molecule is CC1(C)CC1NS(=O)(=O)c1cc(Br)ccc1N. The Morgan fingerprint density at radius 2 is 2.06 bits per heavy atom. The highest BCUT2D eigenvalue weighted by molar-refractivity contribution is 9.10. The Labute approximate surface area is 110 Å². The number of benzene rings is 1. The Bertz CT molecular complexity index is 555. The first-order chi connectivity index (χ1) is 7.72. The third-order valence-corrected chi connectivity index (χ3v) is 5.10. The summed E-state index contributed by atoms with van der Waals surface area (Å²) in [5.41, 5.74) is 6.01. The van der Waals surface area contributed by atoms with Gasteiger partial charge in [-0.1, -0.05) is 29.8 Å². The summed E-state index contributed by atoms with van der Waals surface area (Å²) in [6.45, 7) is 4.06. The summed E-state index contributed by atoms with van der Waals surface area (Å²) >= 11 is 3.25. The topological polar surface area (TPSA) is 72.2 Å². The van der Waals surface area contributed by atoms with Gasteiger partial charge >= 0.3 is 0 Å². The molecule has 1 aromatic rings. The molecule has 0 bridgehead atoms. The maximum absolute atomic E-state index is 12.1. The van der Waals surface area contributed by atoms with Gasteiger partial charge in [-0.15, -0.1) is 0 Å². The minimum Gasteiger partial charge on any atom is -0.398 e. The number of hydrogen-bond donors (Lipinski definition) is 2. The Morgan fingerprint density at radius 3 is 2.59 bits per heavy atom. The largest absolute Gasteiger partial charge is 0.398 e. The number of halogens is 1. The lowest BCUT2D eigenvalue weighted by Gasteiger charge is -2.10. The average molecular weight is 319 g/mol. The normalized spacial score (nSPS) is 22.4. The van der Waals surface area contributed by atoms with E-state index in [9.17, 15) is 8.42 Å². The highest BCUT2D eigenvalue weighted by Crippen LogP contribution is 2.45. The standard InChI is InChI=1S/C11H15BrN2O2S/c1-11(2)6-10(11)14-17(15,16)9-5-7(12)3-4-8(9)13/h3-5,10,14H,6,13H2,1-2H3. The molecule has 2 rings (SSSR count). The van der Waals surface area contributed by atoms with Crippen molar-refractivity contribution in [3.05, 3.63) is 22.7 Å². The van der Waals surface area contributed by atoms with E-state index in [1.807, 2.05) is 13.8 Å². The van der Waals surface area contributed by atoms with Gasteiger partial charge in [-0.2, -0.15) is 0 Å². The second-order valence-electron chi connectivity index (χ2n) is 5.05. The molecule has 1 unspecified atom stereocenters. The second-order valence-corrected chi connectivity index (χ2v) is 7.65. The number of hydrogen-bond acceptors (Lipinski definition) is 3. The fourth-order valence-electron chi connectivity index (χ4n) is 1.66. The van der Waals surface area contributed by atoms with Crippen LogP contribution < -0.4 is 10.5 Å². The van der Waals surface area contributed by atoms with Gasteiger partial charge in [0.1, 0.15) is 4.90 Å². The van der Waals surface area contributed by atoms with E-state index in [1.54, 1.807) is 12.1 Å². The van der Waals surface area contributed by atoms with Crippen LogP contribution in [0.1, 0.15) is 20.3 Å². The number of rotatable bonds is 3. The molecule has 0 spiro atoms. The van der Waals surface area contributed by atoms with E-state index >= 15 is 0 Å². The van der Waals surface area contributed by atoms with Crippen LogP contribution in [-0.2, 0) is 10.0 Å². The van der Waals surface area contributed by atoms with Crippen LogP contribution in [0.15, 0.2) is 27.6 Å². The van der Waals surface area contributed by atoms with Crippen molar-refractivity contribution < 1.29 is 8.42 Å². The first-order valence-corrected chi connectivity index (χ1v) is 7.57. The van der Waals surface area contributed by atoms with Crippen molar-refractivity contribution in [2.24, 2.45) is 5.41 Å². The number of anilines is 1. The fourth-order valence-corrected chi connectivity index (χ4v) is 3.74. The Morgan fingerprint density at radius 1 is 1.47 bits per heavy atom. The number of nitrogen functional groups attached to an aromatic ring is 1. The molecule has 1 aromatic carbocycles. The second kappa shape index (κ2) is 3.96. The molecule has 0 aliphatic heterocycles. The predicted molar refractivity (Wildman–Crippen MR) is 71.1 cm³/mol. The highest BCUT2D eigenvalue weighted by atomic mass is 79.9. The van der Waals surface area contributed by atoms with Crippen molar-refractivity contribution in [2.45, 2.75) is 31.2 Å². The van der Waals surface area contributed by atoms with Crippen LogP contribution in [0.3, 0.4) is 0 Å². The summed E-state index contributed by atoms with van der Waals surface area (Å²) in [5, 5.41) is 0. The van der Waals surface area contributed by atoms with Crippen molar-refractivity contribution in [3.63, 3.8) is 0 Å². The van der Waals surface area contributed by atoms with E-state index in [4.69, 9.17) is 5.73 Å². The van der Waals surface area contributed by atoms with Crippen LogP contribution in [-0.4, -0.2) is 14.5 Å². The molecule has 3 N–H and O–H groups in total. The lowest BCUT2D eigenvalue weighted by molar-refractivity contribution is 0.555. The molecule has 94 valence electrons. The maximum atomic E-state index is 12.1. The third-order valence-electron chi connectivity index (χ3n) is 3.08. The predicted octanol–water partition coefficient (Wildman–Crippen LogP) is 2.11. The maximum Gasteiger partial charge on any atom is 0.242 e. The molecule has 1 aliphatic carbocycles. The summed E-state index contributed by atoms with van der Waals surface area (Å²) in [5.74, 6) is 0. The van der Waals surface area contributed by atoms with Crippen molar-refractivity contribution in [1.82, 2.24) is 4.72 Å². The van der Waals surface area contributed by atoms with Crippen LogP contribution in [0, 0.1) is 5.41 Å².